The van der Waals surface area contributed by atoms with Crippen LogP contribution in [-0.4, -0.2) is 39.4 Å². The van der Waals surface area contributed by atoms with E-state index in [0.29, 0.717) is 5.56 Å². The second kappa shape index (κ2) is 8.57. The number of aromatic nitrogens is 1. The average Bonchev–Trinajstić information content (AvgIpc) is 2.57. The second-order valence-electron chi connectivity index (χ2n) is 5.25. The van der Waals surface area contributed by atoms with Gasteiger partial charge in [0.2, 0.25) is 0 Å². The topological polar surface area (TPSA) is 94.4 Å². The summed E-state index contributed by atoms with van der Waals surface area (Å²) in [5.41, 5.74) is 11.7. The van der Waals surface area contributed by atoms with Crippen LogP contribution in [0.5, 0.6) is 0 Å². The molecule has 2 radical (unpaired) electrons. The zero-order valence-corrected chi connectivity index (χ0v) is 16.9. The maximum absolute atomic E-state index is 12.4. The first-order valence-electron chi connectivity index (χ1n) is 7.37. The van der Waals surface area contributed by atoms with Crippen molar-refractivity contribution >= 4 is 48.7 Å². The van der Waals surface area contributed by atoms with Crippen LogP contribution < -0.4 is 15.0 Å². The van der Waals surface area contributed by atoms with Crippen molar-refractivity contribution in [3.05, 3.63) is 71.8 Å². The van der Waals surface area contributed by atoms with Crippen molar-refractivity contribution < 1.29 is 9.18 Å². The fraction of sp³-hybridized carbons (Fsp3) is 0.0556. The molecular formula is C18H17FN4OSn. The zero-order valence-electron chi connectivity index (χ0n) is 13.6. The van der Waals surface area contributed by atoms with Gasteiger partial charge in [-0.1, -0.05) is 6.07 Å². The van der Waals surface area contributed by atoms with Gasteiger partial charge in [-0.2, -0.15) is 4.99 Å². The quantitative estimate of drug-likeness (QED) is 0.337. The molecule has 126 valence electrons. The zero-order chi connectivity index (χ0) is 18.4. The number of hydrogen-bond acceptors (Lipinski definition) is 2. The van der Waals surface area contributed by atoms with Crippen LogP contribution in [0.15, 0.2) is 59.7 Å². The third-order valence-corrected chi connectivity index (χ3v) is 4.58. The van der Waals surface area contributed by atoms with E-state index in [1.807, 2.05) is 25.1 Å². The maximum atomic E-state index is 12.4. The van der Waals surface area contributed by atoms with E-state index in [9.17, 15) is 9.18 Å². The van der Waals surface area contributed by atoms with Crippen molar-refractivity contribution in [2.45, 2.75) is 6.92 Å². The number of benzene rings is 2. The summed E-state index contributed by atoms with van der Waals surface area (Å²) in [7, 11) is 0. The van der Waals surface area contributed by atoms with Crippen LogP contribution in [-0.2, 0) is 0 Å². The molecule has 0 saturated heterocycles. The van der Waals surface area contributed by atoms with Crippen LogP contribution in [0, 0.1) is 12.7 Å². The Morgan fingerprint density at radius 2 is 1.84 bits per heavy atom. The Morgan fingerprint density at radius 1 is 1.12 bits per heavy atom. The standard InChI is InChI=1S/C12H12N4O.C6H4F.Sn.H/c1-7-4-10-5-8(11(17)16-12(13)14)2-3-9(10)6-15-7;7-6-4-2-1-3-5-6;;/h2-6H,1H3,(H4,13,14,16,17);1-4H;;. The SMILES string of the molecule is Cc1cc2cc(C(=O)N=C(N)N)ccc2cn1.Fc1cccc[c]1[SnH]. The first-order chi connectivity index (χ1) is 11.9. The van der Waals surface area contributed by atoms with Gasteiger partial charge in [0, 0.05) is 22.8 Å². The molecule has 0 fully saturated rings. The minimum absolute atomic E-state index is 0.0742. The molecule has 0 spiro atoms. The summed E-state index contributed by atoms with van der Waals surface area (Å²) in [6.45, 7) is 1.89. The number of fused-ring (bicyclic) bond motifs is 1. The van der Waals surface area contributed by atoms with Crippen LogP contribution in [0.1, 0.15) is 16.1 Å². The number of nitrogens with zero attached hydrogens (tertiary/aromatic N) is 2. The van der Waals surface area contributed by atoms with Crippen molar-refractivity contribution in [1.82, 2.24) is 4.98 Å². The van der Waals surface area contributed by atoms with Gasteiger partial charge in [0.15, 0.2) is 5.96 Å². The number of amides is 1. The number of rotatable bonds is 1. The Hall–Kier alpha value is -2.48. The molecule has 0 aliphatic carbocycles. The molecule has 3 rings (SSSR count). The van der Waals surface area contributed by atoms with Gasteiger partial charge >= 0.3 is 60.6 Å². The van der Waals surface area contributed by atoms with Crippen molar-refractivity contribution in [3.8, 4) is 0 Å². The van der Waals surface area contributed by atoms with Gasteiger partial charge in [-0.3, -0.25) is 9.78 Å². The molecule has 0 saturated carbocycles. The molecule has 0 atom stereocenters. The monoisotopic (exact) mass is 444 g/mol. The molecule has 0 unspecified atom stereocenters. The second-order valence-corrected chi connectivity index (χ2v) is 7.03. The Labute approximate surface area is 158 Å². The Morgan fingerprint density at radius 3 is 2.44 bits per heavy atom. The van der Waals surface area contributed by atoms with Crippen molar-refractivity contribution in [2.75, 3.05) is 0 Å². The van der Waals surface area contributed by atoms with Gasteiger partial charge in [0.1, 0.15) is 0 Å². The molecule has 25 heavy (non-hydrogen) atoms. The number of nitrogens with two attached hydrogens (primary N) is 2. The van der Waals surface area contributed by atoms with Gasteiger partial charge in [0.05, 0.1) is 0 Å². The predicted octanol–water partition coefficient (Wildman–Crippen LogP) is 1.31. The van der Waals surface area contributed by atoms with E-state index in [1.54, 1.807) is 30.5 Å². The summed E-state index contributed by atoms with van der Waals surface area (Å²) < 4.78 is 13.2. The van der Waals surface area contributed by atoms with Crippen molar-refractivity contribution in [3.63, 3.8) is 0 Å². The predicted molar refractivity (Wildman–Crippen MR) is 99.8 cm³/mol. The Balaban J connectivity index is 0.000000236. The molecule has 0 aliphatic heterocycles. The number of hydrogen-bond donors (Lipinski definition) is 2. The molecular weight excluding hydrogens is 426 g/mol. The molecule has 0 aliphatic rings. The number of aryl methyl sites for hydroxylation is 1. The third kappa shape index (κ3) is 5.53. The van der Waals surface area contributed by atoms with E-state index in [4.69, 9.17) is 11.5 Å². The fourth-order valence-electron chi connectivity index (χ4n) is 2.04. The number of pyridine rings is 1. The van der Waals surface area contributed by atoms with Crippen LogP contribution >= 0.6 is 0 Å². The molecule has 3 aromatic rings. The van der Waals surface area contributed by atoms with Crippen LogP contribution in [0.3, 0.4) is 0 Å². The number of aliphatic imine (C=N–C) groups is 1. The van der Waals surface area contributed by atoms with E-state index >= 15 is 0 Å². The minimum atomic E-state index is -0.443. The van der Waals surface area contributed by atoms with Gasteiger partial charge in [-0.05, 0) is 30.5 Å². The molecule has 1 aromatic heterocycles. The third-order valence-electron chi connectivity index (χ3n) is 3.24. The number of carbonyl (C=O) groups is 1. The first-order valence-corrected chi connectivity index (χ1v) is 9.02. The van der Waals surface area contributed by atoms with E-state index in [1.165, 1.54) is 6.07 Å². The molecule has 2 aromatic carbocycles. The molecule has 1 heterocycles. The van der Waals surface area contributed by atoms with E-state index < -0.39 is 5.91 Å². The fourth-order valence-corrected chi connectivity index (χ4v) is 2.63. The van der Waals surface area contributed by atoms with E-state index in [0.717, 1.165) is 42.6 Å². The summed E-state index contributed by atoms with van der Waals surface area (Å²) in [4.78, 5) is 19.3. The number of halogens is 1. The van der Waals surface area contributed by atoms with Crippen LogP contribution in [0.2, 0.25) is 0 Å². The summed E-state index contributed by atoms with van der Waals surface area (Å²) in [5, 5.41) is 1.91. The first kappa shape index (κ1) is 18.9. The summed E-state index contributed by atoms with van der Waals surface area (Å²) in [5.74, 6) is -0.753. The van der Waals surface area contributed by atoms with Gasteiger partial charge < -0.3 is 11.5 Å². The van der Waals surface area contributed by atoms with Crippen molar-refractivity contribution in [1.29, 1.82) is 0 Å². The van der Waals surface area contributed by atoms with Crippen LogP contribution in [0.25, 0.3) is 10.8 Å². The normalized spacial score (nSPS) is 9.88. The average molecular weight is 443 g/mol. The molecule has 0 bridgehead atoms. The number of guanidine groups is 1. The molecule has 7 heteroatoms. The Bertz CT molecular complexity index is 918. The van der Waals surface area contributed by atoms with Gasteiger partial charge in [0.25, 0.3) is 5.91 Å². The van der Waals surface area contributed by atoms with Gasteiger partial charge in [-0.15, -0.1) is 0 Å². The summed E-state index contributed by atoms with van der Waals surface area (Å²) in [6, 6.07) is 14.0. The summed E-state index contributed by atoms with van der Waals surface area (Å²) in [6.07, 6.45) is 1.76. The van der Waals surface area contributed by atoms with Gasteiger partial charge in [-0.25, -0.2) is 0 Å². The van der Waals surface area contributed by atoms with E-state index in [-0.39, 0.29) is 11.8 Å². The molecule has 1 amide bonds. The number of carbonyl (C=O) groups excluding carboxylic acids is 1. The molecule has 4 N–H and O–H groups in total. The van der Waals surface area contributed by atoms with E-state index in [2.05, 4.69) is 9.98 Å². The summed E-state index contributed by atoms with van der Waals surface area (Å²) >= 11 is 0.862. The molecule has 5 nitrogen and oxygen atoms in total. The van der Waals surface area contributed by atoms with Crippen molar-refractivity contribution in [2.24, 2.45) is 16.5 Å². The van der Waals surface area contributed by atoms with Crippen LogP contribution in [0.4, 0.5) is 4.39 Å². The Kier molecular flexibility index (Phi) is 6.46.